The minimum absolute atomic E-state index is 0.150. The lowest BCUT2D eigenvalue weighted by Crippen LogP contribution is -2.36. The van der Waals surface area contributed by atoms with Gasteiger partial charge in [0.05, 0.1) is 5.69 Å². The fourth-order valence-corrected chi connectivity index (χ4v) is 3.89. The fraction of sp³-hybridized carbons (Fsp3) is 0.318. The Bertz CT molecular complexity index is 1020. The second-order valence-corrected chi connectivity index (χ2v) is 8.26. The predicted molar refractivity (Wildman–Crippen MR) is 116 cm³/mol. The number of benzene rings is 2. The number of amides is 1. The summed E-state index contributed by atoms with van der Waals surface area (Å²) >= 11 is 12.4. The van der Waals surface area contributed by atoms with E-state index in [-0.39, 0.29) is 17.8 Å². The van der Waals surface area contributed by atoms with Crippen molar-refractivity contribution in [2.75, 3.05) is 0 Å². The number of carbonyl (C=O) groups excluding carboxylic acids is 1. The van der Waals surface area contributed by atoms with Crippen LogP contribution in [0.4, 0.5) is 0 Å². The maximum atomic E-state index is 12.8. The SMILES string of the molecule is Cc1ccc(-n2nc(C(=O)NC3CCCCC3)nc2-c2ccc(Cl)cc2)cc1Cl. The molecule has 1 fully saturated rings. The Balaban J connectivity index is 1.72. The van der Waals surface area contributed by atoms with Crippen LogP contribution in [0.15, 0.2) is 42.5 Å². The zero-order chi connectivity index (χ0) is 20.4. The molecule has 0 radical (unpaired) electrons. The van der Waals surface area contributed by atoms with Crippen LogP contribution < -0.4 is 5.32 Å². The Kier molecular flexibility index (Phi) is 5.88. The van der Waals surface area contributed by atoms with Gasteiger partial charge >= 0.3 is 0 Å². The molecule has 0 spiro atoms. The Morgan fingerprint density at radius 3 is 2.48 bits per heavy atom. The summed E-state index contributed by atoms with van der Waals surface area (Å²) < 4.78 is 1.66. The lowest BCUT2D eigenvalue weighted by atomic mass is 9.95. The van der Waals surface area contributed by atoms with E-state index >= 15 is 0 Å². The van der Waals surface area contributed by atoms with E-state index in [1.165, 1.54) is 6.42 Å². The van der Waals surface area contributed by atoms with Gasteiger partial charge in [-0.25, -0.2) is 9.67 Å². The number of aromatic nitrogens is 3. The van der Waals surface area contributed by atoms with Crippen LogP contribution in [0.2, 0.25) is 10.0 Å². The van der Waals surface area contributed by atoms with E-state index < -0.39 is 0 Å². The molecule has 5 nitrogen and oxygen atoms in total. The van der Waals surface area contributed by atoms with E-state index in [1.807, 2.05) is 37.3 Å². The third kappa shape index (κ3) is 4.46. The van der Waals surface area contributed by atoms with Crippen molar-refractivity contribution in [3.63, 3.8) is 0 Å². The summed E-state index contributed by atoms with van der Waals surface area (Å²) in [4.78, 5) is 17.4. The van der Waals surface area contributed by atoms with Crippen molar-refractivity contribution in [1.82, 2.24) is 20.1 Å². The highest BCUT2D eigenvalue weighted by Gasteiger charge is 2.22. The largest absolute Gasteiger partial charge is 0.347 e. The first-order valence-electron chi connectivity index (χ1n) is 9.81. The molecule has 3 aromatic rings. The molecule has 0 unspecified atom stereocenters. The molecular weight excluding hydrogens is 407 g/mol. The number of nitrogens with one attached hydrogen (secondary N) is 1. The van der Waals surface area contributed by atoms with E-state index in [0.717, 1.165) is 42.5 Å². The van der Waals surface area contributed by atoms with E-state index in [4.69, 9.17) is 23.2 Å². The van der Waals surface area contributed by atoms with Gasteiger partial charge in [-0.2, -0.15) is 0 Å². The topological polar surface area (TPSA) is 59.8 Å². The number of aryl methyl sites for hydroxylation is 1. The smallest absolute Gasteiger partial charge is 0.291 e. The van der Waals surface area contributed by atoms with Crippen molar-refractivity contribution in [3.05, 3.63) is 63.9 Å². The molecule has 0 bridgehead atoms. The Hall–Kier alpha value is -2.37. The van der Waals surface area contributed by atoms with Crippen LogP contribution >= 0.6 is 23.2 Å². The van der Waals surface area contributed by atoms with E-state index in [1.54, 1.807) is 16.8 Å². The normalized spacial score (nSPS) is 14.7. The number of carbonyl (C=O) groups is 1. The maximum absolute atomic E-state index is 12.8. The highest BCUT2D eigenvalue weighted by atomic mass is 35.5. The highest BCUT2D eigenvalue weighted by Crippen LogP contribution is 2.26. The van der Waals surface area contributed by atoms with Crippen molar-refractivity contribution in [2.45, 2.75) is 45.1 Å². The summed E-state index contributed by atoms with van der Waals surface area (Å²) in [5.74, 6) is 0.469. The van der Waals surface area contributed by atoms with Gasteiger partial charge in [0.1, 0.15) is 0 Å². The molecule has 0 saturated heterocycles. The molecule has 1 N–H and O–H groups in total. The van der Waals surface area contributed by atoms with Gasteiger partial charge in [-0.3, -0.25) is 4.79 Å². The highest BCUT2D eigenvalue weighted by molar-refractivity contribution is 6.31. The average Bonchev–Trinajstić information content (AvgIpc) is 3.17. The molecule has 1 aromatic heterocycles. The molecule has 1 aliphatic rings. The quantitative estimate of drug-likeness (QED) is 0.586. The van der Waals surface area contributed by atoms with Crippen LogP contribution in [-0.2, 0) is 0 Å². The van der Waals surface area contributed by atoms with Crippen molar-refractivity contribution < 1.29 is 4.79 Å². The minimum atomic E-state index is -0.246. The molecule has 1 heterocycles. The van der Waals surface area contributed by atoms with Gasteiger partial charge in [0.2, 0.25) is 5.82 Å². The number of nitrogens with zero attached hydrogens (tertiary/aromatic N) is 3. The minimum Gasteiger partial charge on any atom is -0.347 e. The van der Waals surface area contributed by atoms with Crippen LogP contribution in [0.25, 0.3) is 17.1 Å². The van der Waals surface area contributed by atoms with E-state index in [9.17, 15) is 4.79 Å². The van der Waals surface area contributed by atoms with Gasteiger partial charge in [0.25, 0.3) is 5.91 Å². The number of halogens is 2. The molecule has 2 aromatic carbocycles. The zero-order valence-corrected chi connectivity index (χ0v) is 17.7. The first-order chi connectivity index (χ1) is 14.0. The number of hydrogen-bond acceptors (Lipinski definition) is 3. The molecule has 4 rings (SSSR count). The standard InChI is InChI=1S/C22H22Cl2N4O/c1-14-7-12-18(13-19(14)24)28-21(15-8-10-16(23)11-9-15)26-20(27-28)22(29)25-17-5-3-2-4-6-17/h7-13,17H,2-6H2,1H3,(H,25,29). The predicted octanol–water partition coefficient (Wildman–Crippen LogP) is 5.61. The maximum Gasteiger partial charge on any atom is 0.291 e. The summed E-state index contributed by atoms with van der Waals surface area (Å²) in [6.45, 7) is 1.94. The van der Waals surface area contributed by atoms with Crippen LogP contribution in [0.1, 0.15) is 48.3 Å². The van der Waals surface area contributed by atoms with Crippen molar-refractivity contribution in [2.24, 2.45) is 0 Å². The monoisotopic (exact) mass is 428 g/mol. The summed E-state index contributed by atoms with van der Waals surface area (Å²) in [5.41, 5.74) is 2.53. The van der Waals surface area contributed by atoms with Crippen molar-refractivity contribution in [1.29, 1.82) is 0 Å². The van der Waals surface area contributed by atoms with Gasteiger partial charge < -0.3 is 5.32 Å². The summed E-state index contributed by atoms with van der Waals surface area (Å²) in [6.07, 6.45) is 5.53. The Morgan fingerprint density at radius 2 is 1.79 bits per heavy atom. The lowest BCUT2D eigenvalue weighted by molar-refractivity contribution is 0.0917. The van der Waals surface area contributed by atoms with Crippen LogP contribution in [-0.4, -0.2) is 26.7 Å². The summed E-state index contributed by atoms with van der Waals surface area (Å²) in [5, 5.41) is 8.87. The molecule has 150 valence electrons. The van der Waals surface area contributed by atoms with Gasteiger partial charge in [-0.1, -0.05) is 48.5 Å². The molecule has 29 heavy (non-hydrogen) atoms. The molecule has 0 aliphatic heterocycles. The number of rotatable bonds is 4. The third-order valence-corrected chi connectivity index (χ3v) is 5.91. The molecule has 0 atom stereocenters. The Labute approximate surface area is 180 Å². The molecule has 1 amide bonds. The van der Waals surface area contributed by atoms with E-state index in [0.29, 0.717) is 15.9 Å². The average molecular weight is 429 g/mol. The molecule has 7 heteroatoms. The first-order valence-corrected chi connectivity index (χ1v) is 10.6. The second-order valence-electron chi connectivity index (χ2n) is 7.42. The van der Waals surface area contributed by atoms with Gasteiger partial charge in [-0.15, -0.1) is 5.10 Å². The third-order valence-electron chi connectivity index (χ3n) is 5.25. The lowest BCUT2D eigenvalue weighted by Gasteiger charge is -2.21. The van der Waals surface area contributed by atoms with Crippen LogP contribution in [0, 0.1) is 6.92 Å². The van der Waals surface area contributed by atoms with Gasteiger partial charge in [0, 0.05) is 21.7 Å². The number of hydrogen-bond donors (Lipinski definition) is 1. The van der Waals surface area contributed by atoms with Gasteiger partial charge in [0.15, 0.2) is 5.82 Å². The second kappa shape index (κ2) is 8.56. The van der Waals surface area contributed by atoms with Gasteiger partial charge in [-0.05, 0) is 61.7 Å². The van der Waals surface area contributed by atoms with Crippen molar-refractivity contribution >= 4 is 29.1 Å². The van der Waals surface area contributed by atoms with Crippen LogP contribution in [0.3, 0.4) is 0 Å². The summed E-state index contributed by atoms with van der Waals surface area (Å²) in [7, 11) is 0. The zero-order valence-electron chi connectivity index (χ0n) is 16.2. The molecular formula is C22H22Cl2N4O. The van der Waals surface area contributed by atoms with Crippen LogP contribution in [0.5, 0.6) is 0 Å². The Morgan fingerprint density at radius 1 is 1.07 bits per heavy atom. The fourth-order valence-electron chi connectivity index (χ4n) is 3.58. The summed E-state index contributed by atoms with van der Waals surface area (Å²) in [6, 6.07) is 13.2. The first kappa shape index (κ1) is 19.9. The molecule has 1 aliphatic carbocycles. The molecule has 1 saturated carbocycles. The van der Waals surface area contributed by atoms with Crippen molar-refractivity contribution in [3.8, 4) is 17.1 Å². The van der Waals surface area contributed by atoms with E-state index in [2.05, 4.69) is 15.4 Å².